The molecule has 1 aromatic heterocycles. The summed E-state index contributed by atoms with van der Waals surface area (Å²) in [6, 6.07) is 6.37. The molecule has 3 aromatic rings. The van der Waals surface area contributed by atoms with Crippen molar-refractivity contribution in [3.8, 4) is 11.3 Å². The molecular formula is C26H25F3N2O5S. The second-order valence-corrected chi connectivity index (χ2v) is 9.24. The van der Waals surface area contributed by atoms with E-state index in [2.05, 4.69) is 28.9 Å². The van der Waals surface area contributed by atoms with E-state index in [0.717, 1.165) is 37.0 Å². The number of carbonyl (C=O) groups excluding carboxylic acids is 1. The van der Waals surface area contributed by atoms with E-state index in [4.69, 9.17) is 9.84 Å². The van der Waals surface area contributed by atoms with Gasteiger partial charge in [0, 0.05) is 40.3 Å². The molecule has 0 bridgehead atoms. The van der Waals surface area contributed by atoms with Crippen LogP contribution < -0.4 is 5.32 Å². The third-order valence-electron chi connectivity index (χ3n) is 5.22. The topological polar surface area (TPSA) is 97.8 Å². The first-order chi connectivity index (χ1) is 17.6. The SMILES string of the molecule is CO/C(=C\c1c(F)cc(C(=O)Nc2nc(-c3cccc(COCCC(C)C)c3F)cs2)cc1F)C(=O)O. The Labute approximate surface area is 215 Å². The van der Waals surface area contributed by atoms with Crippen LogP contribution in [0.3, 0.4) is 0 Å². The van der Waals surface area contributed by atoms with Gasteiger partial charge in [0.15, 0.2) is 5.13 Å². The number of nitrogens with zero attached hydrogens (tertiary/aromatic N) is 1. The zero-order valence-corrected chi connectivity index (χ0v) is 21.1. The van der Waals surface area contributed by atoms with Crippen LogP contribution in [0.2, 0.25) is 0 Å². The van der Waals surface area contributed by atoms with Gasteiger partial charge in [-0.15, -0.1) is 11.3 Å². The van der Waals surface area contributed by atoms with Gasteiger partial charge >= 0.3 is 5.97 Å². The van der Waals surface area contributed by atoms with Crippen LogP contribution in [0.25, 0.3) is 17.3 Å². The number of hydrogen-bond donors (Lipinski definition) is 2. The highest BCUT2D eigenvalue weighted by molar-refractivity contribution is 7.14. The van der Waals surface area contributed by atoms with Crippen LogP contribution in [0.15, 0.2) is 41.5 Å². The lowest BCUT2D eigenvalue weighted by Gasteiger charge is -2.09. The van der Waals surface area contributed by atoms with Gasteiger partial charge in [-0.25, -0.2) is 22.9 Å². The Morgan fingerprint density at radius 3 is 2.51 bits per heavy atom. The number of benzene rings is 2. The number of nitrogens with one attached hydrogen (secondary N) is 1. The Bertz CT molecular complexity index is 1300. The molecule has 0 saturated carbocycles. The molecule has 2 N–H and O–H groups in total. The standard InChI is InChI=1S/C26H25F3N2O5S/c1-14(2)7-8-36-12-15-5-4-6-17(23(15)29)21-13-37-26(30-21)31-24(32)16-9-19(27)18(20(28)10-16)11-22(35-3)25(33)34/h4-6,9-11,13-14H,7-8,12H2,1-3H3,(H,33,34)(H,30,31,32)/b22-11-. The number of anilines is 1. The van der Waals surface area contributed by atoms with Crippen molar-refractivity contribution in [1.82, 2.24) is 4.98 Å². The first-order valence-electron chi connectivity index (χ1n) is 11.2. The summed E-state index contributed by atoms with van der Waals surface area (Å²) in [4.78, 5) is 27.8. The first kappa shape index (κ1) is 27.9. The molecule has 1 amide bonds. The van der Waals surface area contributed by atoms with Gasteiger partial charge in [-0.05, 0) is 30.5 Å². The van der Waals surface area contributed by atoms with Crippen molar-refractivity contribution in [2.24, 2.45) is 5.92 Å². The van der Waals surface area contributed by atoms with Crippen molar-refractivity contribution in [2.75, 3.05) is 19.0 Å². The first-order valence-corrected chi connectivity index (χ1v) is 12.1. The van der Waals surface area contributed by atoms with Crippen molar-refractivity contribution in [3.63, 3.8) is 0 Å². The molecule has 3 rings (SSSR count). The summed E-state index contributed by atoms with van der Waals surface area (Å²) in [7, 11) is 1.05. The molecule has 7 nitrogen and oxygen atoms in total. The Morgan fingerprint density at radius 2 is 1.89 bits per heavy atom. The summed E-state index contributed by atoms with van der Waals surface area (Å²) >= 11 is 1.01. The van der Waals surface area contributed by atoms with Crippen LogP contribution in [-0.2, 0) is 20.9 Å². The second kappa shape index (κ2) is 12.5. The van der Waals surface area contributed by atoms with E-state index < -0.39 is 40.7 Å². The monoisotopic (exact) mass is 534 g/mol. The normalized spacial score (nSPS) is 11.6. The molecule has 0 radical (unpaired) electrons. The number of carboxylic acids is 1. The fraction of sp³-hybridized carbons (Fsp3) is 0.269. The van der Waals surface area contributed by atoms with E-state index in [0.29, 0.717) is 24.2 Å². The summed E-state index contributed by atoms with van der Waals surface area (Å²) in [5, 5.41) is 13.0. The largest absolute Gasteiger partial charge is 0.490 e. The van der Waals surface area contributed by atoms with E-state index in [1.165, 1.54) is 0 Å². The van der Waals surface area contributed by atoms with Gasteiger partial charge in [-0.1, -0.05) is 26.0 Å². The minimum absolute atomic E-state index is 0.0929. The number of amides is 1. The Balaban J connectivity index is 1.75. The number of ether oxygens (including phenoxy) is 2. The van der Waals surface area contributed by atoms with E-state index in [1.54, 1.807) is 23.6 Å². The molecule has 0 aliphatic heterocycles. The van der Waals surface area contributed by atoms with E-state index in [9.17, 15) is 18.4 Å². The molecule has 1 heterocycles. The van der Waals surface area contributed by atoms with Crippen molar-refractivity contribution < 1.29 is 37.3 Å². The summed E-state index contributed by atoms with van der Waals surface area (Å²) in [6.45, 7) is 4.77. The predicted molar refractivity (Wildman–Crippen MR) is 134 cm³/mol. The molecule has 196 valence electrons. The van der Waals surface area contributed by atoms with Crippen LogP contribution in [0, 0.1) is 23.4 Å². The van der Waals surface area contributed by atoms with Crippen LogP contribution in [0.4, 0.5) is 18.3 Å². The van der Waals surface area contributed by atoms with Crippen LogP contribution in [-0.4, -0.2) is 35.7 Å². The fourth-order valence-electron chi connectivity index (χ4n) is 3.21. The summed E-state index contributed by atoms with van der Waals surface area (Å²) in [5.41, 5.74) is -0.150. The number of carboxylic acid groups (broad SMARTS) is 1. The maximum atomic E-state index is 15.0. The molecule has 0 unspecified atom stereocenters. The number of aliphatic carboxylic acids is 1. The van der Waals surface area contributed by atoms with Gasteiger partial charge in [0.2, 0.25) is 5.76 Å². The number of thiazole rings is 1. The van der Waals surface area contributed by atoms with Crippen LogP contribution in [0.5, 0.6) is 0 Å². The highest BCUT2D eigenvalue weighted by Gasteiger charge is 2.19. The zero-order valence-electron chi connectivity index (χ0n) is 20.3. The molecule has 0 atom stereocenters. The number of carbonyl (C=O) groups is 2. The number of methoxy groups -OCH3 is 1. The average Bonchev–Trinajstić information content (AvgIpc) is 3.30. The van der Waals surface area contributed by atoms with Gasteiger partial charge in [0.25, 0.3) is 5.91 Å². The molecule has 0 aliphatic carbocycles. The summed E-state index contributed by atoms with van der Waals surface area (Å²) < 4.78 is 54.1. The lowest BCUT2D eigenvalue weighted by atomic mass is 10.1. The third-order valence-corrected chi connectivity index (χ3v) is 5.98. The smallest absolute Gasteiger partial charge is 0.371 e. The Kier molecular flexibility index (Phi) is 9.42. The molecular weight excluding hydrogens is 509 g/mol. The van der Waals surface area contributed by atoms with Crippen molar-refractivity contribution in [3.05, 3.63) is 75.6 Å². The molecule has 2 aromatic carbocycles. The zero-order chi connectivity index (χ0) is 27.1. The average molecular weight is 535 g/mol. The molecule has 0 saturated heterocycles. The fourth-order valence-corrected chi connectivity index (χ4v) is 3.91. The predicted octanol–water partition coefficient (Wildman–Crippen LogP) is 6.11. The maximum Gasteiger partial charge on any atom is 0.371 e. The molecule has 0 spiro atoms. The second-order valence-electron chi connectivity index (χ2n) is 8.38. The molecule has 37 heavy (non-hydrogen) atoms. The van der Waals surface area contributed by atoms with E-state index in [-0.39, 0.29) is 28.6 Å². The van der Waals surface area contributed by atoms with Crippen molar-refractivity contribution in [2.45, 2.75) is 26.9 Å². The van der Waals surface area contributed by atoms with E-state index >= 15 is 4.39 Å². The Hall–Kier alpha value is -3.70. The molecule has 0 aliphatic rings. The van der Waals surface area contributed by atoms with Crippen LogP contribution >= 0.6 is 11.3 Å². The van der Waals surface area contributed by atoms with Gasteiger partial charge in [-0.2, -0.15) is 0 Å². The summed E-state index contributed by atoms with van der Waals surface area (Å²) in [5.74, 6) is -5.37. The highest BCUT2D eigenvalue weighted by atomic mass is 32.1. The quantitative estimate of drug-likeness (QED) is 0.175. The number of hydrogen-bond acceptors (Lipinski definition) is 6. The molecule has 0 fully saturated rings. The van der Waals surface area contributed by atoms with Crippen molar-refractivity contribution in [1.29, 1.82) is 0 Å². The van der Waals surface area contributed by atoms with Gasteiger partial charge in [0.1, 0.15) is 17.5 Å². The van der Waals surface area contributed by atoms with Gasteiger partial charge < -0.3 is 14.6 Å². The number of halogens is 3. The lowest BCUT2D eigenvalue weighted by Crippen LogP contribution is -2.13. The van der Waals surface area contributed by atoms with Gasteiger partial charge in [0.05, 0.1) is 19.4 Å². The van der Waals surface area contributed by atoms with Gasteiger partial charge in [-0.3, -0.25) is 10.1 Å². The van der Waals surface area contributed by atoms with Crippen molar-refractivity contribution >= 4 is 34.4 Å². The minimum Gasteiger partial charge on any atom is -0.490 e. The number of rotatable bonds is 11. The minimum atomic E-state index is -1.51. The lowest BCUT2D eigenvalue weighted by molar-refractivity contribution is -0.135. The molecule has 11 heteroatoms. The Morgan fingerprint density at radius 1 is 1.19 bits per heavy atom. The summed E-state index contributed by atoms with van der Waals surface area (Å²) in [6.07, 6.45) is 1.54. The number of aromatic nitrogens is 1. The maximum absolute atomic E-state index is 15.0. The third kappa shape index (κ3) is 7.17. The highest BCUT2D eigenvalue weighted by Crippen LogP contribution is 2.29. The van der Waals surface area contributed by atoms with E-state index in [1.807, 2.05) is 0 Å². The van der Waals surface area contributed by atoms with Crippen LogP contribution in [0.1, 0.15) is 41.8 Å².